The number of fused-ring (bicyclic) bond motifs is 1. The van der Waals surface area contributed by atoms with Crippen LogP contribution in [0.1, 0.15) is 11.1 Å². The van der Waals surface area contributed by atoms with Gasteiger partial charge in [0.05, 0.1) is 10.9 Å². The van der Waals surface area contributed by atoms with Gasteiger partial charge < -0.3 is 0 Å². The maximum Gasteiger partial charge on any atom is 0.162 e. The number of hydrogen-bond acceptors (Lipinski definition) is 3. The van der Waals surface area contributed by atoms with Crippen LogP contribution in [0.4, 0.5) is 0 Å². The number of thiophene rings is 1. The SMILES string of the molecule is Cc1cscc1-c1nc(Cl)c2c(Br)ccc(C)c2n1. The lowest BCUT2D eigenvalue weighted by Gasteiger charge is -2.08. The van der Waals surface area contributed by atoms with Gasteiger partial charge in [-0.1, -0.05) is 17.7 Å². The molecule has 96 valence electrons. The molecule has 5 heteroatoms. The van der Waals surface area contributed by atoms with E-state index in [4.69, 9.17) is 11.6 Å². The smallest absolute Gasteiger partial charge is 0.162 e. The van der Waals surface area contributed by atoms with Crippen molar-refractivity contribution in [1.29, 1.82) is 0 Å². The Labute approximate surface area is 128 Å². The first-order valence-corrected chi connectivity index (χ1v) is 7.85. The van der Waals surface area contributed by atoms with Crippen LogP contribution >= 0.6 is 38.9 Å². The Hall–Kier alpha value is -0.970. The molecule has 0 amide bonds. The monoisotopic (exact) mass is 352 g/mol. The molecule has 1 aromatic carbocycles. The molecule has 0 aliphatic heterocycles. The zero-order valence-corrected chi connectivity index (χ0v) is 13.5. The van der Waals surface area contributed by atoms with Crippen LogP contribution in [0.15, 0.2) is 27.4 Å². The van der Waals surface area contributed by atoms with Crippen LogP contribution in [-0.2, 0) is 0 Å². The molecular weight excluding hydrogens is 344 g/mol. The average molecular weight is 354 g/mol. The van der Waals surface area contributed by atoms with Crippen molar-refractivity contribution in [1.82, 2.24) is 9.97 Å². The first-order valence-electron chi connectivity index (χ1n) is 5.73. The van der Waals surface area contributed by atoms with Crippen LogP contribution in [-0.4, -0.2) is 9.97 Å². The van der Waals surface area contributed by atoms with E-state index in [9.17, 15) is 0 Å². The fourth-order valence-electron chi connectivity index (χ4n) is 2.00. The van der Waals surface area contributed by atoms with Crippen LogP contribution < -0.4 is 0 Å². The summed E-state index contributed by atoms with van der Waals surface area (Å²) in [5.41, 5.74) is 4.22. The second kappa shape index (κ2) is 4.85. The predicted molar refractivity (Wildman–Crippen MR) is 85.0 cm³/mol. The molecule has 0 N–H and O–H groups in total. The Morgan fingerprint density at radius 3 is 2.58 bits per heavy atom. The zero-order chi connectivity index (χ0) is 13.6. The van der Waals surface area contributed by atoms with E-state index in [0.717, 1.165) is 26.5 Å². The second-order valence-corrected chi connectivity index (χ2v) is 6.35. The third-order valence-electron chi connectivity index (χ3n) is 3.05. The van der Waals surface area contributed by atoms with E-state index >= 15 is 0 Å². The van der Waals surface area contributed by atoms with E-state index in [1.807, 2.05) is 19.1 Å². The summed E-state index contributed by atoms with van der Waals surface area (Å²) in [5.74, 6) is 0.692. The van der Waals surface area contributed by atoms with Gasteiger partial charge in [0.1, 0.15) is 5.15 Å². The van der Waals surface area contributed by atoms with Gasteiger partial charge in [0.25, 0.3) is 0 Å². The van der Waals surface area contributed by atoms with E-state index in [0.29, 0.717) is 11.0 Å². The highest BCUT2D eigenvalue weighted by Gasteiger charge is 2.13. The Bertz CT molecular complexity index is 782. The molecule has 0 saturated heterocycles. The molecule has 0 unspecified atom stereocenters. The molecule has 3 rings (SSSR count). The van der Waals surface area contributed by atoms with Crippen molar-refractivity contribution in [2.75, 3.05) is 0 Å². The van der Waals surface area contributed by atoms with Gasteiger partial charge in [-0.05, 0) is 52.4 Å². The normalized spacial score (nSPS) is 11.2. The minimum atomic E-state index is 0.487. The van der Waals surface area contributed by atoms with Crippen molar-refractivity contribution < 1.29 is 0 Å². The van der Waals surface area contributed by atoms with Crippen LogP contribution in [0, 0.1) is 13.8 Å². The summed E-state index contributed by atoms with van der Waals surface area (Å²) in [5, 5.41) is 5.50. The quantitative estimate of drug-likeness (QED) is 0.548. The molecule has 0 aliphatic carbocycles. The molecule has 2 nitrogen and oxygen atoms in total. The highest BCUT2D eigenvalue weighted by molar-refractivity contribution is 9.10. The highest BCUT2D eigenvalue weighted by atomic mass is 79.9. The Balaban J connectivity index is 2.37. The van der Waals surface area contributed by atoms with Crippen molar-refractivity contribution in [3.8, 4) is 11.4 Å². The van der Waals surface area contributed by atoms with Gasteiger partial charge in [0.15, 0.2) is 5.82 Å². The Kier molecular flexibility index (Phi) is 3.33. The molecule has 0 spiro atoms. The zero-order valence-electron chi connectivity index (χ0n) is 10.4. The van der Waals surface area contributed by atoms with Crippen molar-refractivity contribution >= 4 is 49.8 Å². The van der Waals surface area contributed by atoms with Gasteiger partial charge in [-0.15, -0.1) is 0 Å². The minimum absolute atomic E-state index is 0.487. The van der Waals surface area contributed by atoms with E-state index in [1.165, 1.54) is 5.56 Å². The van der Waals surface area contributed by atoms with Crippen LogP contribution in [0.5, 0.6) is 0 Å². The average Bonchev–Trinajstić information content (AvgIpc) is 2.79. The molecule has 2 aromatic heterocycles. The highest BCUT2D eigenvalue weighted by Crippen LogP contribution is 2.33. The molecule has 0 bridgehead atoms. The number of aryl methyl sites for hydroxylation is 2. The molecule has 19 heavy (non-hydrogen) atoms. The number of rotatable bonds is 1. The Morgan fingerprint density at radius 2 is 1.89 bits per heavy atom. The summed E-state index contributed by atoms with van der Waals surface area (Å²) in [6, 6.07) is 4.00. The fraction of sp³-hybridized carbons (Fsp3) is 0.143. The number of halogens is 2. The summed E-state index contributed by atoms with van der Waals surface area (Å²) < 4.78 is 0.923. The standard InChI is InChI=1S/C14H10BrClN2S/c1-7-3-4-10(15)11-12(7)17-14(18-13(11)16)9-6-19-5-8(9)2/h3-6H,1-2H3. The van der Waals surface area contributed by atoms with Gasteiger partial charge >= 0.3 is 0 Å². The van der Waals surface area contributed by atoms with Gasteiger partial charge in [-0.3, -0.25) is 0 Å². The van der Waals surface area contributed by atoms with E-state index in [2.05, 4.69) is 43.6 Å². The third-order valence-corrected chi connectivity index (χ3v) is 4.85. The summed E-state index contributed by atoms with van der Waals surface area (Å²) in [6.07, 6.45) is 0. The topological polar surface area (TPSA) is 25.8 Å². The molecular formula is C14H10BrClN2S. The van der Waals surface area contributed by atoms with Crippen molar-refractivity contribution in [3.63, 3.8) is 0 Å². The predicted octanol–water partition coefficient (Wildman–Crippen LogP) is 5.39. The van der Waals surface area contributed by atoms with Gasteiger partial charge in [0, 0.05) is 15.4 Å². The Morgan fingerprint density at radius 1 is 1.11 bits per heavy atom. The summed E-state index contributed by atoms with van der Waals surface area (Å²) in [6.45, 7) is 4.09. The van der Waals surface area contributed by atoms with Crippen LogP contribution in [0.25, 0.3) is 22.3 Å². The van der Waals surface area contributed by atoms with Crippen molar-refractivity contribution in [3.05, 3.63) is 43.6 Å². The fourth-order valence-corrected chi connectivity index (χ4v) is 3.72. The largest absolute Gasteiger partial charge is 0.228 e. The molecule has 2 heterocycles. The van der Waals surface area contributed by atoms with Crippen molar-refractivity contribution in [2.45, 2.75) is 13.8 Å². The number of benzene rings is 1. The lowest BCUT2D eigenvalue weighted by molar-refractivity contribution is 1.21. The van der Waals surface area contributed by atoms with E-state index < -0.39 is 0 Å². The van der Waals surface area contributed by atoms with Gasteiger partial charge in [-0.25, -0.2) is 9.97 Å². The van der Waals surface area contributed by atoms with Crippen LogP contribution in [0.2, 0.25) is 5.15 Å². The van der Waals surface area contributed by atoms with Crippen LogP contribution in [0.3, 0.4) is 0 Å². The maximum atomic E-state index is 6.33. The molecule has 0 radical (unpaired) electrons. The lowest BCUT2D eigenvalue weighted by atomic mass is 10.1. The van der Waals surface area contributed by atoms with E-state index in [1.54, 1.807) is 11.3 Å². The summed E-state index contributed by atoms with van der Waals surface area (Å²) in [4.78, 5) is 9.12. The lowest BCUT2D eigenvalue weighted by Crippen LogP contribution is -1.94. The first-order chi connectivity index (χ1) is 9.08. The molecule has 3 aromatic rings. The van der Waals surface area contributed by atoms with Gasteiger partial charge in [-0.2, -0.15) is 11.3 Å². The molecule has 0 fully saturated rings. The van der Waals surface area contributed by atoms with Crippen molar-refractivity contribution in [2.24, 2.45) is 0 Å². The summed E-state index contributed by atoms with van der Waals surface area (Å²) in [7, 11) is 0. The third kappa shape index (κ3) is 2.18. The minimum Gasteiger partial charge on any atom is -0.228 e. The second-order valence-electron chi connectivity index (χ2n) is 4.39. The number of nitrogens with zero attached hydrogens (tertiary/aromatic N) is 2. The summed E-state index contributed by atoms with van der Waals surface area (Å²) >= 11 is 11.5. The maximum absolute atomic E-state index is 6.33. The number of hydrogen-bond donors (Lipinski definition) is 0. The van der Waals surface area contributed by atoms with Gasteiger partial charge in [0.2, 0.25) is 0 Å². The molecule has 0 aliphatic rings. The van der Waals surface area contributed by atoms with E-state index in [-0.39, 0.29) is 0 Å². The molecule has 0 atom stereocenters. The molecule has 0 saturated carbocycles. The number of aromatic nitrogens is 2. The first kappa shape index (κ1) is 13.0.